The maximum atomic E-state index is 12.0. The van der Waals surface area contributed by atoms with Gasteiger partial charge in [-0.25, -0.2) is 4.79 Å². The van der Waals surface area contributed by atoms with Gasteiger partial charge in [0.1, 0.15) is 0 Å². The van der Waals surface area contributed by atoms with Crippen molar-refractivity contribution in [2.45, 2.75) is 38.8 Å². The van der Waals surface area contributed by atoms with Gasteiger partial charge in [0.05, 0.1) is 11.6 Å². The van der Waals surface area contributed by atoms with Crippen LogP contribution in [0.25, 0.3) is 0 Å². The molecule has 1 saturated heterocycles. The molecule has 0 aromatic heterocycles. The summed E-state index contributed by atoms with van der Waals surface area (Å²) in [7, 11) is 3.81. The standard InChI is InChI=1S/C11H23N3O/c1-6-9-7-14(10(15)13(9)5)11(2,3)8-12-4/h9,12H,6-8H2,1-5H3. The quantitative estimate of drug-likeness (QED) is 0.760. The molecule has 15 heavy (non-hydrogen) atoms. The Bertz CT molecular complexity index is 240. The van der Waals surface area contributed by atoms with Crippen LogP contribution >= 0.6 is 0 Å². The maximum absolute atomic E-state index is 12.0. The summed E-state index contributed by atoms with van der Waals surface area (Å²) in [6.45, 7) is 8.01. The van der Waals surface area contributed by atoms with E-state index in [1.165, 1.54) is 0 Å². The summed E-state index contributed by atoms with van der Waals surface area (Å²) in [4.78, 5) is 15.8. The monoisotopic (exact) mass is 213 g/mol. The SMILES string of the molecule is CCC1CN(C(C)(C)CNC)C(=O)N1C. The van der Waals surface area contributed by atoms with E-state index in [1.807, 2.05) is 23.9 Å². The van der Waals surface area contributed by atoms with E-state index < -0.39 is 0 Å². The van der Waals surface area contributed by atoms with Crippen LogP contribution in [-0.4, -0.2) is 54.6 Å². The van der Waals surface area contributed by atoms with Crippen molar-refractivity contribution in [3.8, 4) is 0 Å². The van der Waals surface area contributed by atoms with E-state index in [0.29, 0.717) is 6.04 Å². The highest BCUT2D eigenvalue weighted by molar-refractivity contribution is 5.77. The number of hydrogen-bond donors (Lipinski definition) is 1. The molecule has 0 aromatic carbocycles. The van der Waals surface area contributed by atoms with E-state index in [1.54, 1.807) is 0 Å². The maximum Gasteiger partial charge on any atom is 0.320 e. The van der Waals surface area contributed by atoms with Crippen LogP contribution in [0.15, 0.2) is 0 Å². The van der Waals surface area contributed by atoms with Gasteiger partial charge in [0, 0.05) is 20.1 Å². The average Bonchev–Trinajstić information content (AvgIpc) is 2.44. The Balaban J connectivity index is 2.76. The van der Waals surface area contributed by atoms with Gasteiger partial charge in [0.2, 0.25) is 0 Å². The molecule has 1 unspecified atom stereocenters. The fourth-order valence-corrected chi connectivity index (χ4v) is 2.19. The van der Waals surface area contributed by atoms with E-state index in [9.17, 15) is 4.79 Å². The number of hydrogen-bond acceptors (Lipinski definition) is 2. The van der Waals surface area contributed by atoms with Crippen molar-refractivity contribution < 1.29 is 4.79 Å². The predicted molar refractivity (Wildman–Crippen MR) is 61.9 cm³/mol. The zero-order chi connectivity index (χ0) is 11.6. The molecule has 4 heteroatoms. The lowest BCUT2D eigenvalue weighted by atomic mass is 10.0. The van der Waals surface area contributed by atoms with Crippen LogP contribution in [0.5, 0.6) is 0 Å². The largest absolute Gasteiger partial charge is 0.323 e. The van der Waals surface area contributed by atoms with Crippen molar-refractivity contribution in [1.82, 2.24) is 15.1 Å². The molecule has 0 radical (unpaired) electrons. The van der Waals surface area contributed by atoms with Crippen molar-refractivity contribution in [2.24, 2.45) is 0 Å². The van der Waals surface area contributed by atoms with Crippen LogP contribution in [0.2, 0.25) is 0 Å². The van der Waals surface area contributed by atoms with Crippen LogP contribution in [0.3, 0.4) is 0 Å². The summed E-state index contributed by atoms with van der Waals surface area (Å²) in [5, 5.41) is 3.14. The van der Waals surface area contributed by atoms with E-state index in [2.05, 4.69) is 26.1 Å². The van der Waals surface area contributed by atoms with E-state index in [-0.39, 0.29) is 11.6 Å². The average molecular weight is 213 g/mol. The van der Waals surface area contributed by atoms with Gasteiger partial charge in [-0.15, -0.1) is 0 Å². The number of urea groups is 1. The molecule has 1 heterocycles. The van der Waals surface area contributed by atoms with Crippen LogP contribution in [0, 0.1) is 0 Å². The van der Waals surface area contributed by atoms with Crippen molar-refractivity contribution in [3.05, 3.63) is 0 Å². The zero-order valence-corrected chi connectivity index (χ0v) is 10.5. The first-order valence-corrected chi connectivity index (χ1v) is 5.63. The van der Waals surface area contributed by atoms with Crippen LogP contribution in [0.4, 0.5) is 4.79 Å². The van der Waals surface area contributed by atoms with Crippen molar-refractivity contribution >= 4 is 6.03 Å². The highest BCUT2D eigenvalue weighted by Crippen LogP contribution is 2.24. The molecule has 2 amide bonds. The van der Waals surface area contributed by atoms with Gasteiger partial charge in [0.25, 0.3) is 0 Å². The summed E-state index contributed by atoms with van der Waals surface area (Å²) in [6.07, 6.45) is 1.02. The lowest BCUT2D eigenvalue weighted by Crippen LogP contribution is -2.51. The number of carbonyl (C=O) groups excluding carboxylic acids is 1. The molecule has 0 saturated carbocycles. The smallest absolute Gasteiger partial charge is 0.320 e. The van der Waals surface area contributed by atoms with Gasteiger partial charge in [-0.05, 0) is 27.3 Å². The van der Waals surface area contributed by atoms with E-state index in [4.69, 9.17) is 0 Å². The lowest BCUT2D eigenvalue weighted by molar-refractivity contribution is 0.149. The molecular weight excluding hydrogens is 190 g/mol. The fraction of sp³-hybridized carbons (Fsp3) is 0.909. The topological polar surface area (TPSA) is 35.6 Å². The minimum atomic E-state index is -0.107. The van der Waals surface area contributed by atoms with E-state index in [0.717, 1.165) is 19.5 Å². The minimum absolute atomic E-state index is 0.107. The molecule has 1 fully saturated rings. The van der Waals surface area contributed by atoms with Crippen LogP contribution in [0.1, 0.15) is 27.2 Å². The third-order valence-corrected chi connectivity index (χ3v) is 3.29. The summed E-state index contributed by atoms with van der Waals surface area (Å²) in [6, 6.07) is 0.524. The Morgan fingerprint density at radius 2 is 2.13 bits per heavy atom. The van der Waals surface area contributed by atoms with Crippen molar-refractivity contribution in [3.63, 3.8) is 0 Å². The number of carbonyl (C=O) groups is 1. The van der Waals surface area contributed by atoms with Crippen LogP contribution in [-0.2, 0) is 0 Å². The van der Waals surface area contributed by atoms with Gasteiger partial charge in [-0.3, -0.25) is 0 Å². The molecule has 0 aliphatic carbocycles. The van der Waals surface area contributed by atoms with Crippen molar-refractivity contribution in [1.29, 1.82) is 0 Å². The molecule has 1 aliphatic rings. The normalized spacial score (nSPS) is 22.7. The first-order valence-electron chi connectivity index (χ1n) is 5.63. The number of likely N-dealkylation sites (N-methyl/N-ethyl adjacent to an activating group) is 2. The molecule has 1 rings (SSSR count). The first kappa shape index (κ1) is 12.3. The second-order valence-electron chi connectivity index (χ2n) is 4.91. The van der Waals surface area contributed by atoms with Gasteiger partial charge in [0.15, 0.2) is 0 Å². The zero-order valence-electron chi connectivity index (χ0n) is 10.5. The molecule has 1 aliphatic heterocycles. The van der Waals surface area contributed by atoms with Gasteiger partial charge in [-0.2, -0.15) is 0 Å². The molecule has 0 spiro atoms. The highest BCUT2D eigenvalue weighted by atomic mass is 16.2. The van der Waals surface area contributed by atoms with Gasteiger partial charge < -0.3 is 15.1 Å². The molecule has 88 valence electrons. The third-order valence-electron chi connectivity index (χ3n) is 3.29. The number of rotatable bonds is 4. The van der Waals surface area contributed by atoms with Gasteiger partial charge in [-0.1, -0.05) is 6.92 Å². The Morgan fingerprint density at radius 3 is 2.53 bits per heavy atom. The molecule has 0 bridgehead atoms. The Hall–Kier alpha value is -0.770. The minimum Gasteiger partial charge on any atom is -0.323 e. The van der Waals surface area contributed by atoms with Crippen molar-refractivity contribution in [2.75, 3.05) is 27.2 Å². The highest BCUT2D eigenvalue weighted by Gasteiger charge is 2.40. The summed E-state index contributed by atoms with van der Waals surface area (Å²) >= 11 is 0. The predicted octanol–water partition coefficient (Wildman–Crippen LogP) is 1.13. The summed E-state index contributed by atoms with van der Waals surface area (Å²) < 4.78 is 0. The third kappa shape index (κ3) is 2.25. The number of amides is 2. The Kier molecular flexibility index (Phi) is 3.60. The molecule has 4 nitrogen and oxygen atoms in total. The molecule has 1 N–H and O–H groups in total. The second-order valence-corrected chi connectivity index (χ2v) is 4.91. The molecular formula is C11H23N3O. The van der Waals surface area contributed by atoms with Crippen LogP contribution < -0.4 is 5.32 Å². The first-order chi connectivity index (χ1) is 6.94. The second kappa shape index (κ2) is 4.39. The number of nitrogens with zero attached hydrogens (tertiary/aromatic N) is 2. The van der Waals surface area contributed by atoms with Gasteiger partial charge >= 0.3 is 6.03 Å². The molecule has 0 aromatic rings. The summed E-state index contributed by atoms with van der Waals surface area (Å²) in [5.41, 5.74) is -0.107. The lowest BCUT2D eigenvalue weighted by Gasteiger charge is -2.34. The Morgan fingerprint density at radius 1 is 1.53 bits per heavy atom. The van der Waals surface area contributed by atoms with E-state index >= 15 is 0 Å². The number of nitrogens with one attached hydrogen (secondary N) is 1. The Labute approximate surface area is 92.6 Å². The molecule has 1 atom stereocenters. The fourth-order valence-electron chi connectivity index (χ4n) is 2.19. The summed E-state index contributed by atoms with van der Waals surface area (Å²) in [5.74, 6) is 0.